The lowest BCUT2D eigenvalue weighted by molar-refractivity contribution is -0.141. The SMILES string of the molecule is C=C(C)C(=O)OC(CC)[SiH]1CCCCO1. The quantitative estimate of drug-likeness (QED) is 0.419. The third-order valence-electron chi connectivity index (χ3n) is 2.64. The standard InChI is InChI=1S/C11H20O3Si/c1-4-10(14-11(12)9(2)3)15-8-6-5-7-13-15/h10,15H,2,4-8H2,1,3H3. The van der Waals surface area contributed by atoms with Crippen LogP contribution in [-0.4, -0.2) is 27.3 Å². The van der Waals surface area contributed by atoms with Crippen LogP contribution in [0.1, 0.15) is 33.1 Å². The first-order valence-corrected chi connectivity index (χ1v) is 7.58. The van der Waals surface area contributed by atoms with Crippen molar-refractivity contribution in [2.24, 2.45) is 0 Å². The summed E-state index contributed by atoms with van der Waals surface area (Å²) in [5, 5.41) is 0. The van der Waals surface area contributed by atoms with Crippen molar-refractivity contribution in [2.75, 3.05) is 6.61 Å². The molecule has 0 aromatic carbocycles. The first-order chi connectivity index (χ1) is 7.15. The summed E-state index contributed by atoms with van der Waals surface area (Å²) in [7, 11) is -1.32. The van der Waals surface area contributed by atoms with Gasteiger partial charge in [0.15, 0.2) is 0 Å². The lowest BCUT2D eigenvalue weighted by Crippen LogP contribution is -2.39. The smallest absolute Gasteiger partial charge is 0.333 e. The van der Waals surface area contributed by atoms with Gasteiger partial charge in [0.05, 0.1) is 0 Å². The first kappa shape index (κ1) is 12.5. The Morgan fingerprint density at radius 2 is 2.33 bits per heavy atom. The minimum atomic E-state index is -1.32. The monoisotopic (exact) mass is 228 g/mol. The van der Waals surface area contributed by atoms with Gasteiger partial charge in [-0.3, -0.25) is 0 Å². The molecular formula is C11H20O3Si. The van der Waals surface area contributed by atoms with E-state index in [0.717, 1.165) is 25.5 Å². The van der Waals surface area contributed by atoms with Crippen LogP contribution in [0, 0.1) is 0 Å². The highest BCUT2D eigenvalue weighted by molar-refractivity contribution is 6.53. The topological polar surface area (TPSA) is 35.5 Å². The van der Waals surface area contributed by atoms with Gasteiger partial charge in [0.25, 0.3) is 0 Å². The van der Waals surface area contributed by atoms with Crippen molar-refractivity contribution in [1.29, 1.82) is 0 Å². The molecule has 2 atom stereocenters. The van der Waals surface area contributed by atoms with E-state index < -0.39 is 9.04 Å². The van der Waals surface area contributed by atoms with Gasteiger partial charge in [-0.1, -0.05) is 19.9 Å². The van der Waals surface area contributed by atoms with Crippen molar-refractivity contribution in [2.45, 2.75) is 44.9 Å². The Hall–Kier alpha value is -0.613. The van der Waals surface area contributed by atoms with Gasteiger partial charge in [0.1, 0.15) is 5.73 Å². The molecule has 0 aromatic rings. The summed E-state index contributed by atoms with van der Waals surface area (Å²) in [6.45, 7) is 8.15. The predicted octanol–water partition coefficient (Wildman–Crippen LogP) is 1.96. The molecule has 0 amide bonds. The molecule has 0 radical (unpaired) electrons. The van der Waals surface area contributed by atoms with Crippen LogP contribution >= 0.6 is 0 Å². The van der Waals surface area contributed by atoms with Gasteiger partial charge in [-0.25, -0.2) is 4.79 Å². The maximum absolute atomic E-state index is 11.4. The Morgan fingerprint density at radius 3 is 2.80 bits per heavy atom. The van der Waals surface area contributed by atoms with Crippen molar-refractivity contribution < 1.29 is 14.0 Å². The van der Waals surface area contributed by atoms with E-state index in [2.05, 4.69) is 6.58 Å². The molecule has 15 heavy (non-hydrogen) atoms. The third-order valence-corrected chi connectivity index (χ3v) is 5.72. The molecule has 1 aliphatic heterocycles. The van der Waals surface area contributed by atoms with Crippen molar-refractivity contribution in [3.63, 3.8) is 0 Å². The molecule has 1 saturated heterocycles. The summed E-state index contributed by atoms with van der Waals surface area (Å²) >= 11 is 0. The zero-order valence-electron chi connectivity index (χ0n) is 9.62. The number of hydrogen-bond acceptors (Lipinski definition) is 3. The van der Waals surface area contributed by atoms with Gasteiger partial charge >= 0.3 is 5.97 Å². The van der Waals surface area contributed by atoms with Crippen LogP contribution in [-0.2, 0) is 14.0 Å². The summed E-state index contributed by atoms with van der Waals surface area (Å²) in [5.74, 6) is -0.275. The Bertz CT molecular complexity index is 234. The number of hydrogen-bond donors (Lipinski definition) is 0. The van der Waals surface area contributed by atoms with E-state index in [1.165, 1.54) is 6.42 Å². The molecular weight excluding hydrogens is 208 g/mol. The van der Waals surface area contributed by atoms with E-state index in [1.807, 2.05) is 6.92 Å². The molecule has 0 N–H and O–H groups in total. The summed E-state index contributed by atoms with van der Waals surface area (Å²) in [4.78, 5) is 11.4. The second kappa shape index (κ2) is 6.08. The van der Waals surface area contributed by atoms with Crippen LogP contribution in [0.4, 0.5) is 0 Å². The van der Waals surface area contributed by atoms with Gasteiger partial charge < -0.3 is 9.16 Å². The number of carbonyl (C=O) groups excluding carboxylic acids is 1. The fourth-order valence-electron chi connectivity index (χ4n) is 1.72. The largest absolute Gasteiger partial charge is 0.460 e. The zero-order valence-corrected chi connectivity index (χ0v) is 10.8. The molecule has 0 spiro atoms. The average Bonchev–Trinajstić information content (AvgIpc) is 2.26. The van der Waals surface area contributed by atoms with Gasteiger partial charge in [0, 0.05) is 12.2 Å². The normalized spacial score (nSPS) is 23.2. The van der Waals surface area contributed by atoms with Gasteiger partial charge in [-0.15, -0.1) is 0 Å². The van der Waals surface area contributed by atoms with Crippen LogP contribution in [0.25, 0.3) is 0 Å². The van der Waals surface area contributed by atoms with Crippen LogP contribution in [0.2, 0.25) is 6.04 Å². The van der Waals surface area contributed by atoms with E-state index in [0.29, 0.717) is 5.57 Å². The molecule has 0 saturated carbocycles. The Kier molecular flexibility index (Phi) is 5.05. The molecule has 1 fully saturated rings. The van der Waals surface area contributed by atoms with Crippen molar-refractivity contribution >= 4 is 15.0 Å². The number of carbonyl (C=O) groups is 1. The number of rotatable bonds is 4. The molecule has 3 nitrogen and oxygen atoms in total. The zero-order chi connectivity index (χ0) is 11.3. The van der Waals surface area contributed by atoms with Crippen LogP contribution < -0.4 is 0 Å². The molecule has 0 bridgehead atoms. The Labute approximate surface area is 93.2 Å². The van der Waals surface area contributed by atoms with E-state index >= 15 is 0 Å². The van der Waals surface area contributed by atoms with E-state index in [-0.39, 0.29) is 11.7 Å². The second-order valence-electron chi connectivity index (χ2n) is 4.04. The van der Waals surface area contributed by atoms with Gasteiger partial charge in [0.2, 0.25) is 9.04 Å². The Balaban J connectivity index is 2.46. The van der Waals surface area contributed by atoms with E-state index in [4.69, 9.17) is 9.16 Å². The lowest BCUT2D eigenvalue weighted by atomic mass is 10.3. The van der Waals surface area contributed by atoms with Gasteiger partial charge in [-0.2, -0.15) is 0 Å². The summed E-state index contributed by atoms with van der Waals surface area (Å²) in [6.07, 6.45) is 3.22. The molecule has 1 heterocycles. The predicted molar refractivity (Wildman–Crippen MR) is 62.1 cm³/mol. The molecule has 1 aliphatic rings. The van der Waals surface area contributed by atoms with Crippen molar-refractivity contribution in [3.8, 4) is 0 Å². The molecule has 0 aromatic heterocycles. The van der Waals surface area contributed by atoms with E-state index in [1.54, 1.807) is 6.92 Å². The van der Waals surface area contributed by atoms with Gasteiger partial charge in [-0.05, 0) is 25.8 Å². The fraction of sp³-hybridized carbons (Fsp3) is 0.727. The number of esters is 1. The molecule has 0 aliphatic carbocycles. The fourth-order valence-corrected chi connectivity index (χ4v) is 4.43. The average molecular weight is 228 g/mol. The summed E-state index contributed by atoms with van der Waals surface area (Å²) in [5.41, 5.74) is 0.493. The second-order valence-corrected chi connectivity index (χ2v) is 6.77. The highest BCUT2D eigenvalue weighted by atomic mass is 28.3. The lowest BCUT2D eigenvalue weighted by Gasteiger charge is -2.28. The minimum absolute atomic E-state index is 0.0227. The molecule has 2 unspecified atom stereocenters. The highest BCUT2D eigenvalue weighted by Gasteiger charge is 2.28. The van der Waals surface area contributed by atoms with Crippen molar-refractivity contribution in [1.82, 2.24) is 0 Å². The van der Waals surface area contributed by atoms with Crippen LogP contribution in [0.15, 0.2) is 12.2 Å². The third kappa shape index (κ3) is 3.79. The summed E-state index contributed by atoms with van der Waals surface area (Å²) in [6, 6.07) is 1.13. The molecule has 1 rings (SSSR count). The first-order valence-electron chi connectivity index (χ1n) is 5.63. The van der Waals surface area contributed by atoms with Crippen molar-refractivity contribution in [3.05, 3.63) is 12.2 Å². The molecule has 4 heteroatoms. The Morgan fingerprint density at radius 1 is 1.60 bits per heavy atom. The van der Waals surface area contributed by atoms with E-state index in [9.17, 15) is 4.79 Å². The minimum Gasteiger partial charge on any atom is -0.460 e. The summed E-state index contributed by atoms with van der Waals surface area (Å²) < 4.78 is 11.1. The van der Waals surface area contributed by atoms with Crippen LogP contribution in [0.3, 0.4) is 0 Å². The highest BCUT2D eigenvalue weighted by Crippen LogP contribution is 2.18. The number of ether oxygens (including phenoxy) is 1. The maximum atomic E-state index is 11.4. The van der Waals surface area contributed by atoms with Crippen LogP contribution in [0.5, 0.6) is 0 Å². The molecule has 86 valence electrons. The maximum Gasteiger partial charge on any atom is 0.333 e.